The molecule has 6 nitrogen and oxygen atoms in total. The zero-order valence-corrected chi connectivity index (χ0v) is 19.2. The van der Waals surface area contributed by atoms with Gasteiger partial charge in [-0.2, -0.15) is 0 Å². The molecule has 0 spiro atoms. The first-order valence-electron chi connectivity index (χ1n) is 10.5. The second-order valence-corrected chi connectivity index (χ2v) is 9.83. The van der Waals surface area contributed by atoms with Crippen molar-refractivity contribution in [3.05, 3.63) is 82.9 Å². The van der Waals surface area contributed by atoms with Gasteiger partial charge in [0.1, 0.15) is 5.75 Å². The molecule has 166 valence electrons. The molecule has 0 aliphatic carbocycles. The lowest BCUT2D eigenvalue weighted by atomic mass is 10.1. The maximum absolute atomic E-state index is 13.2. The minimum Gasteiger partial charge on any atom is -0.483 e. The molecule has 0 aromatic heterocycles. The van der Waals surface area contributed by atoms with Crippen molar-refractivity contribution >= 4 is 27.3 Å². The van der Waals surface area contributed by atoms with Gasteiger partial charge < -0.3 is 10.1 Å². The molecule has 3 aromatic carbocycles. The highest BCUT2D eigenvalue weighted by molar-refractivity contribution is 7.92. The van der Waals surface area contributed by atoms with E-state index in [0.717, 1.165) is 28.1 Å². The number of hydrogen-bond acceptors (Lipinski definition) is 4. The van der Waals surface area contributed by atoms with Crippen LogP contribution in [0.1, 0.15) is 22.3 Å². The summed E-state index contributed by atoms with van der Waals surface area (Å²) in [5.41, 5.74) is 5.27. The second-order valence-electron chi connectivity index (χ2n) is 7.97. The summed E-state index contributed by atoms with van der Waals surface area (Å²) in [6.07, 6.45) is 0.700. The van der Waals surface area contributed by atoms with Gasteiger partial charge in [0.15, 0.2) is 6.61 Å². The van der Waals surface area contributed by atoms with E-state index < -0.39 is 10.0 Å². The summed E-state index contributed by atoms with van der Waals surface area (Å²) in [6.45, 7) is 5.97. The minimum absolute atomic E-state index is 0.167. The van der Waals surface area contributed by atoms with Crippen LogP contribution in [-0.2, 0) is 21.2 Å². The number of rotatable bonds is 6. The summed E-state index contributed by atoms with van der Waals surface area (Å²) in [5.74, 6) is 0.199. The van der Waals surface area contributed by atoms with Crippen LogP contribution in [0.4, 0.5) is 11.4 Å². The van der Waals surface area contributed by atoms with Crippen LogP contribution in [0.15, 0.2) is 65.6 Å². The maximum atomic E-state index is 13.2. The highest BCUT2D eigenvalue weighted by atomic mass is 32.2. The van der Waals surface area contributed by atoms with Crippen molar-refractivity contribution in [1.82, 2.24) is 0 Å². The van der Waals surface area contributed by atoms with Crippen molar-refractivity contribution in [2.24, 2.45) is 0 Å². The Bertz CT molecular complexity index is 1280. The topological polar surface area (TPSA) is 75.7 Å². The number of anilines is 2. The first-order valence-corrected chi connectivity index (χ1v) is 11.9. The predicted octanol–water partition coefficient (Wildman–Crippen LogP) is 4.38. The average Bonchev–Trinajstić information content (AvgIpc) is 3.21. The first kappa shape index (κ1) is 21.9. The third kappa shape index (κ3) is 4.21. The number of sulfonamides is 1. The van der Waals surface area contributed by atoms with Crippen molar-refractivity contribution in [2.75, 3.05) is 22.8 Å². The molecule has 0 saturated carbocycles. The number of carbonyl (C=O) groups is 1. The van der Waals surface area contributed by atoms with E-state index >= 15 is 0 Å². The quantitative estimate of drug-likeness (QED) is 0.605. The minimum atomic E-state index is -3.67. The van der Waals surface area contributed by atoms with Gasteiger partial charge in [0.2, 0.25) is 0 Å². The Kier molecular flexibility index (Phi) is 5.93. The van der Waals surface area contributed by atoms with Crippen LogP contribution in [0.2, 0.25) is 0 Å². The van der Waals surface area contributed by atoms with Crippen LogP contribution >= 0.6 is 0 Å². The molecular formula is C25H26N2O4S. The number of ether oxygens (including phenoxy) is 1. The van der Waals surface area contributed by atoms with Crippen molar-refractivity contribution in [2.45, 2.75) is 32.1 Å². The van der Waals surface area contributed by atoms with E-state index in [1.807, 2.05) is 56.3 Å². The largest absolute Gasteiger partial charge is 0.483 e. The molecule has 1 aliphatic heterocycles. The fourth-order valence-electron chi connectivity index (χ4n) is 3.85. The third-order valence-electron chi connectivity index (χ3n) is 5.82. The van der Waals surface area contributed by atoms with E-state index in [9.17, 15) is 13.2 Å². The molecule has 1 heterocycles. The third-order valence-corrected chi connectivity index (χ3v) is 7.63. The van der Waals surface area contributed by atoms with Crippen LogP contribution in [0.3, 0.4) is 0 Å². The van der Waals surface area contributed by atoms with Gasteiger partial charge in [-0.3, -0.25) is 9.10 Å². The summed E-state index contributed by atoms with van der Waals surface area (Å²) in [4.78, 5) is 12.5. The molecule has 0 bridgehead atoms. The second kappa shape index (κ2) is 8.67. The summed E-state index contributed by atoms with van der Waals surface area (Å²) in [5, 5.41) is 2.86. The summed E-state index contributed by atoms with van der Waals surface area (Å²) >= 11 is 0. The zero-order chi connectivity index (χ0) is 22.9. The van der Waals surface area contributed by atoms with E-state index in [0.29, 0.717) is 24.3 Å². The number of aryl methyl sites for hydroxylation is 2. The molecule has 1 amide bonds. The summed E-state index contributed by atoms with van der Waals surface area (Å²) in [6, 6.07) is 18.0. The van der Waals surface area contributed by atoms with Crippen molar-refractivity contribution in [1.29, 1.82) is 0 Å². The van der Waals surface area contributed by atoms with Crippen molar-refractivity contribution < 1.29 is 17.9 Å². The van der Waals surface area contributed by atoms with E-state index in [2.05, 4.69) is 5.32 Å². The number of benzene rings is 3. The van der Waals surface area contributed by atoms with E-state index in [4.69, 9.17) is 4.74 Å². The molecule has 4 rings (SSSR count). The van der Waals surface area contributed by atoms with E-state index in [1.165, 1.54) is 10.4 Å². The fourth-order valence-corrected chi connectivity index (χ4v) is 5.43. The standard InChI is InChI=1S/C25H26N2O4S/c1-17-7-6-9-22(19(17)3)26-25(28)16-31-24-12-11-21(15-18(24)2)32(29,30)27-14-13-20-8-4-5-10-23(20)27/h4-12,15H,13-14,16H2,1-3H3,(H,26,28). The number of amides is 1. The molecule has 1 N–H and O–H groups in total. The number of fused-ring (bicyclic) bond motifs is 1. The smallest absolute Gasteiger partial charge is 0.264 e. The van der Waals surface area contributed by atoms with E-state index in [1.54, 1.807) is 19.1 Å². The lowest BCUT2D eigenvalue weighted by Crippen LogP contribution is -2.29. The number of carbonyl (C=O) groups excluding carboxylic acids is 1. The Morgan fingerprint density at radius 1 is 1.00 bits per heavy atom. The molecule has 0 radical (unpaired) electrons. The van der Waals surface area contributed by atoms with Gasteiger partial charge in [0.25, 0.3) is 15.9 Å². The van der Waals surface area contributed by atoms with Crippen LogP contribution in [0.25, 0.3) is 0 Å². The lowest BCUT2D eigenvalue weighted by molar-refractivity contribution is -0.118. The van der Waals surface area contributed by atoms with Crippen molar-refractivity contribution in [3.63, 3.8) is 0 Å². The molecule has 0 unspecified atom stereocenters. The molecule has 1 aliphatic rings. The Balaban J connectivity index is 1.46. The maximum Gasteiger partial charge on any atom is 0.264 e. The molecule has 0 saturated heterocycles. The van der Waals surface area contributed by atoms with Crippen LogP contribution < -0.4 is 14.4 Å². The van der Waals surface area contributed by atoms with Gasteiger partial charge in [-0.15, -0.1) is 0 Å². The van der Waals surface area contributed by atoms with E-state index in [-0.39, 0.29) is 17.4 Å². The normalized spacial score (nSPS) is 13.0. The average molecular weight is 451 g/mol. The lowest BCUT2D eigenvalue weighted by Gasteiger charge is -2.20. The first-order chi connectivity index (χ1) is 15.3. The zero-order valence-electron chi connectivity index (χ0n) is 18.4. The highest BCUT2D eigenvalue weighted by Gasteiger charge is 2.30. The van der Waals surface area contributed by atoms with Gasteiger partial charge >= 0.3 is 0 Å². The van der Waals surface area contributed by atoms with Crippen LogP contribution in [0, 0.1) is 20.8 Å². The molecule has 3 aromatic rings. The number of nitrogens with zero attached hydrogens (tertiary/aromatic N) is 1. The van der Waals surface area contributed by atoms with Gasteiger partial charge in [-0.05, 0) is 79.8 Å². The number of nitrogens with one attached hydrogen (secondary N) is 1. The van der Waals surface area contributed by atoms with Gasteiger partial charge in [0.05, 0.1) is 10.6 Å². The molecular weight excluding hydrogens is 424 g/mol. The predicted molar refractivity (Wildman–Crippen MR) is 126 cm³/mol. The molecule has 7 heteroatoms. The number of para-hydroxylation sites is 1. The Labute approximate surface area is 188 Å². The molecule has 32 heavy (non-hydrogen) atoms. The van der Waals surface area contributed by atoms with Gasteiger partial charge in [0, 0.05) is 12.2 Å². The van der Waals surface area contributed by atoms with Crippen molar-refractivity contribution in [3.8, 4) is 5.75 Å². The molecule has 0 atom stereocenters. The van der Waals surface area contributed by atoms with Crippen LogP contribution in [0.5, 0.6) is 5.75 Å². The van der Waals surface area contributed by atoms with Crippen LogP contribution in [-0.4, -0.2) is 27.5 Å². The summed E-state index contributed by atoms with van der Waals surface area (Å²) < 4.78 is 33.5. The molecule has 0 fully saturated rings. The Morgan fingerprint density at radius 3 is 2.56 bits per heavy atom. The monoisotopic (exact) mass is 450 g/mol. The van der Waals surface area contributed by atoms with Gasteiger partial charge in [-0.25, -0.2) is 8.42 Å². The van der Waals surface area contributed by atoms with Gasteiger partial charge in [-0.1, -0.05) is 30.3 Å². The Hall–Kier alpha value is -3.32. The number of hydrogen-bond donors (Lipinski definition) is 1. The Morgan fingerprint density at radius 2 is 1.78 bits per heavy atom. The summed E-state index contributed by atoms with van der Waals surface area (Å²) in [7, 11) is -3.67. The fraction of sp³-hybridized carbons (Fsp3) is 0.240. The highest BCUT2D eigenvalue weighted by Crippen LogP contribution is 2.33. The SMILES string of the molecule is Cc1cc(S(=O)(=O)N2CCc3ccccc32)ccc1OCC(=O)Nc1cccc(C)c1C.